The summed E-state index contributed by atoms with van der Waals surface area (Å²) in [4.78, 5) is 4.36. The van der Waals surface area contributed by atoms with Crippen LogP contribution < -0.4 is 5.73 Å². The van der Waals surface area contributed by atoms with Crippen molar-refractivity contribution in [2.24, 2.45) is 5.92 Å². The van der Waals surface area contributed by atoms with E-state index in [0.29, 0.717) is 17.4 Å². The third-order valence-electron chi connectivity index (χ3n) is 2.69. The predicted molar refractivity (Wildman–Crippen MR) is 68.7 cm³/mol. The zero-order chi connectivity index (χ0) is 13.1. The Morgan fingerprint density at radius 1 is 1.33 bits per heavy atom. The van der Waals surface area contributed by atoms with Gasteiger partial charge in [-0.15, -0.1) is 0 Å². The molecule has 1 unspecified atom stereocenters. The Bertz CT molecular complexity index is 522. The van der Waals surface area contributed by atoms with Gasteiger partial charge in [-0.1, -0.05) is 25.1 Å². The molecule has 0 amide bonds. The van der Waals surface area contributed by atoms with Crippen LogP contribution in [-0.4, -0.2) is 17.3 Å². The van der Waals surface area contributed by atoms with Crippen LogP contribution in [0.2, 0.25) is 0 Å². The largest absolute Gasteiger partial charge is 0.399 e. The number of methoxy groups -OCH3 is 1. The van der Waals surface area contributed by atoms with Gasteiger partial charge in [-0.2, -0.15) is 4.98 Å². The van der Waals surface area contributed by atoms with Crippen LogP contribution in [0.25, 0.3) is 11.5 Å². The molecule has 0 aliphatic carbocycles. The van der Waals surface area contributed by atoms with Crippen LogP contribution in [0.4, 0.5) is 5.69 Å². The molecule has 5 heteroatoms. The topological polar surface area (TPSA) is 74.2 Å². The molecule has 0 radical (unpaired) electrons. The summed E-state index contributed by atoms with van der Waals surface area (Å²) in [6.07, 6.45) is -0.163. The van der Waals surface area contributed by atoms with E-state index in [1.165, 1.54) is 0 Å². The molecule has 1 atom stereocenters. The quantitative estimate of drug-likeness (QED) is 0.841. The average Bonchev–Trinajstić information content (AvgIpc) is 2.79. The lowest BCUT2D eigenvalue weighted by atomic mass is 10.1. The van der Waals surface area contributed by atoms with Crippen LogP contribution in [0, 0.1) is 5.92 Å². The van der Waals surface area contributed by atoms with Gasteiger partial charge in [0.1, 0.15) is 6.10 Å². The van der Waals surface area contributed by atoms with Gasteiger partial charge in [-0.05, 0) is 24.1 Å². The molecule has 5 nitrogen and oxygen atoms in total. The summed E-state index contributed by atoms with van der Waals surface area (Å²) in [6, 6.07) is 7.34. The molecule has 1 aromatic carbocycles. The predicted octanol–water partition coefficient (Wildman–Crippen LogP) is 2.66. The van der Waals surface area contributed by atoms with E-state index in [1.807, 2.05) is 32.0 Å². The van der Waals surface area contributed by atoms with Gasteiger partial charge >= 0.3 is 0 Å². The fourth-order valence-electron chi connectivity index (χ4n) is 1.82. The van der Waals surface area contributed by atoms with E-state index in [0.717, 1.165) is 5.56 Å². The second-order valence-electron chi connectivity index (χ2n) is 4.48. The van der Waals surface area contributed by atoms with Gasteiger partial charge in [0.25, 0.3) is 5.89 Å². The van der Waals surface area contributed by atoms with Crippen LogP contribution in [0.3, 0.4) is 0 Å². The number of benzene rings is 1. The van der Waals surface area contributed by atoms with Gasteiger partial charge in [0, 0.05) is 18.4 Å². The van der Waals surface area contributed by atoms with E-state index >= 15 is 0 Å². The minimum atomic E-state index is -0.163. The summed E-state index contributed by atoms with van der Waals surface area (Å²) in [5.74, 6) is 1.30. The number of ether oxygens (including phenoxy) is 1. The van der Waals surface area contributed by atoms with E-state index in [1.54, 1.807) is 13.2 Å². The number of aromatic nitrogens is 2. The molecule has 96 valence electrons. The Hall–Kier alpha value is -1.88. The van der Waals surface area contributed by atoms with Crippen molar-refractivity contribution in [1.29, 1.82) is 0 Å². The summed E-state index contributed by atoms with van der Waals surface area (Å²) in [6.45, 7) is 4.09. The number of nitrogen functional groups attached to an aromatic ring is 1. The van der Waals surface area contributed by atoms with Crippen LogP contribution >= 0.6 is 0 Å². The monoisotopic (exact) mass is 247 g/mol. The number of hydrogen-bond acceptors (Lipinski definition) is 5. The molecular weight excluding hydrogens is 230 g/mol. The molecule has 2 N–H and O–H groups in total. The molecule has 0 aliphatic heterocycles. The number of anilines is 1. The van der Waals surface area contributed by atoms with Crippen molar-refractivity contribution in [3.8, 4) is 11.5 Å². The average molecular weight is 247 g/mol. The first-order valence-electron chi connectivity index (χ1n) is 5.84. The highest BCUT2D eigenvalue weighted by Gasteiger charge is 2.21. The maximum Gasteiger partial charge on any atom is 0.258 e. The molecule has 0 bridgehead atoms. The highest BCUT2D eigenvalue weighted by molar-refractivity contribution is 5.59. The Morgan fingerprint density at radius 3 is 2.72 bits per heavy atom. The van der Waals surface area contributed by atoms with Crippen LogP contribution in [0.1, 0.15) is 25.8 Å². The van der Waals surface area contributed by atoms with Crippen molar-refractivity contribution in [3.63, 3.8) is 0 Å². The summed E-state index contributed by atoms with van der Waals surface area (Å²) in [5, 5.41) is 3.96. The number of hydrogen-bond donors (Lipinski definition) is 1. The fourth-order valence-corrected chi connectivity index (χ4v) is 1.82. The Labute approximate surface area is 106 Å². The molecule has 0 saturated heterocycles. The summed E-state index contributed by atoms with van der Waals surface area (Å²) >= 11 is 0. The molecule has 18 heavy (non-hydrogen) atoms. The lowest BCUT2D eigenvalue weighted by molar-refractivity contribution is 0.0556. The second-order valence-corrected chi connectivity index (χ2v) is 4.48. The van der Waals surface area contributed by atoms with Crippen molar-refractivity contribution in [2.75, 3.05) is 12.8 Å². The minimum Gasteiger partial charge on any atom is -0.399 e. The molecule has 0 fully saturated rings. The van der Waals surface area contributed by atoms with Crippen molar-refractivity contribution < 1.29 is 9.26 Å². The van der Waals surface area contributed by atoms with Crippen LogP contribution in [0.5, 0.6) is 0 Å². The van der Waals surface area contributed by atoms with Gasteiger partial charge in [0.2, 0.25) is 5.82 Å². The fraction of sp³-hybridized carbons (Fsp3) is 0.385. The maximum absolute atomic E-state index is 5.72. The standard InChI is InChI=1S/C13H17N3O2/c1-8(2)11(17-3)12-15-13(18-16-12)9-5-4-6-10(14)7-9/h4-8,11H,14H2,1-3H3. The lowest BCUT2D eigenvalue weighted by Gasteiger charge is -2.14. The third kappa shape index (κ3) is 2.51. The first-order valence-corrected chi connectivity index (χ1v) is 5.84. The smallest absolute Gasteiger partial charge is 0.258 e. The first kappa shape index (κ1) is 12.6. The molecule has 0 aliphatic rings. The van der Waals surface area contributed by atoms with E-state index in [-0.39, 0.29) is 12.0 Å². The zero-order valence-electron chi connectivity index (χ0n) is 10.8. The van der Waals surface area contributed by atoms with Crippen molar-refractivity contribution >= 4 is 5.69 Å². The van der Waals surface area contributed by atoms with Gasteiger partial charge in [-0.3, -0.25) is 0 Å². The van der Waals surface area contributed by atoms with Crippen LogP contribution in [-0.2, 0) is 4.74 Å². The summed E-state index contributed by atoms with van der Waals surface area (Å²) < 4.78 is 10.6. The minimum absolute atomic E-state index is 0.163. The van der Waals surface area contributed by atoms with Gasteiger partial charge in [-0.25, -0.2) is 0 Å². The van der Waals surface area contributed by atoms with E-state index in [2.05, 4.69) is 10.1 Å². The van der Waals surface area contributed by atoms with Gasteiger partial charge in [0.05, 0.1) is 0 Å². The lowest BCUT2D eigenvalue weighted by Crippen LogP contribution is -2.10. The van der Waals surface area contributed by atoms with Gasteiger partial charge in [0.15, 0.2) is 0 Å². The van der Waals surface area contributed by atoms with E-state index in [9.17, 15) is 0 Å². The SMILES string of the molecule is COC(c1noc(-c2cccc(N)c2)n1)C(C)C. The maximum atomic E-state index is 5.72. The van der Waals surface area contributed by atoms with Crippen molar-refractivity contribution in [1.82, 2.24) is 10.1 Å². The molecule has 2 aromatic rings. The Kier molecular flexibility index (Phi) is 3.62. The zero-order valence-corrected chi connectivity index (χ0v) is 10.8. The van der Waals surface area contributed by atoms with E-state index in [4.69, 9.17) is 15.0 Å². The van der Waals surface area contributed by atoms with E-state index < -0.39 is 0 Å². The molecular formula is C13H17N3O2. The highest BCUT2D eigenvalue weighted by Crippen LogP contribution is 2.26. The third-order valence-corrected chi connectivity index (χ3v) is 2.69. The van der Waals surface area contributed by atoms with Crippen LogP contribution in [0.15, 0.2) is 28.8 Å². The van der Waals surface area contributed by atoms with Gasteiger partial charge < -0.3 is 15.0 Å². The molecule has 1 heterocycles. The molecule has 0 spiro atoms. The summed E-state index contributed by atoms with van der Waals surface area (Å²) in [7, 11) is 1.64. The normalized spacial score (nSPS) is 12.9. The Morgan fingerprint density at radius 2 is 2.11 bits per heavy atom. The van der Waals surface area contributed by atoms with Crippen molar-refractivity contribution in [2.45, 2.75) is 20.0 Å². The number of nitrogens with two attached hydrogens (primary N) is 1. The molecule has 0 saturated carbocycles. The summed E-state index contributed by atoms with van der Waals surface area (Å²) in [5.41, 5.74) is 7.20. The Balaban J connectivity index is 2.30. The molecule has 1 aromatic heterocycles. The number of nitrogens with zero attached hydrogens (tertiary/aromatic N) is 2. The molecule has 2 rings (SSSR count). The van der Waals surface area contributed by atoms with Crippen molar-refractivity contribution in [3.05, 3.63) is 30.1 Å². The number of rotatable bonds is 4. The first-order chi connectivity index (χ1) is 8.61. The highest BCUT2D eigenvalue weighted by atomic mass is 16.5. The second kappa shape index (κ2) is 5.18.